The first-order valence-electron chi connectivity index (χ1n) is 11.5. The molecule has 0 atom stereocenters. The van der Waals surface area contributed by atoms with Crippen molar-refractivity contribution in [3.05, 3.63) is 53.4 Å². The summed E-state index contributed by atoms with van der Waals surface area (Å²) in [5, 5.41) is 10.8. The van der Waals surface area contributed by atoms with E-state index < -0.39 is 0 Å². The van der Waals surface area contributed by atoms with Crippen molar-refractivity contribution in [3.8, 4) is 0 Å². The fourth-order valence-corrected chi connectivity index (χ4v) is 3.76. The van der Waals surface area contributed by atoms with Crippen LogP contribution in [0.3, 0.4) is 0 Å². The highest BCUT2D eigenvalue weighted by Crippen LogP contribution is 2.13. The summed E-state index contributed by atoms with van der Waals surface area (Å²) >= 11 is 0. The third-order valence-corrected chi connectivity index (χ3v) is 5.73. The van der Waals surface area contributed by atoms with E-state index in [1.54, 1.807) is 7.05 Å². The van der Waals surface area contributed by atoms with Gasteiger partial charge in [0.1, 0.15) is 0 Å². The van der Waals surface area contributed by atoms with E-state index in [0.29, 0.717) is 12.5 Å². The van der Waals surface area contributed by atoms with E-state index in [2.05, 4.69) is 74.8 Å². The zero-order valence-corrected chi connectivity index (χ0v) is 19.3. The topological polar surface area (TPSA) is 68.9 Å². The molecule has 1 aromatic heterocycles. The quantitative estimate of drug-likeness (QED) is 0.346. The van der Waals surface area contributed by atoms with Crippen molar-refractivity contribution >= 4 is 5.96 Å². The zero-order chi connectivity index (χ0) is 21.9. The summed E-state index contributed by atoms with van der Waals surface area (Å²) in [5.41, 5.74) is 2.40. The molecule has 0 radical (unpaired) electrons. The van der Waals surface area contributed by atoms with E-state index in [9.17, 15) is 0 Å². The molecule has 7 nitrogen and oxygen atoms in total. The number of guanidine groups is 1. The van der Waals surface area contributed by atoms with Crippen molar-refractivity contribution in [2.24, 2.45) is 4.99 Å². The van der Waals surface area contributed by atoms with Crippen LogP contribution in [0.4, 0.5) is 0 Å². The Morgan fingerprint density at radius 1 is 1.06 bits per heavy atom. The number of unbranched alkanes of at least 4 members (excludes halogenated alkanes) is 1. The lowest BCUT2D eigenvalue weighted by atomic mass is 10.1. The Labute approximate surface area is 186 Å². The highest BCUT2D eigenvalue weighted by Gasteiger charge is 2.16. The molecule has 2 heterocycles. The average molecular weight is 427 g/mol. The number of aliphatic imine (C=N–C) groups is 1. The van der Waals surface area contributed by atoms with Crippen LogP contribution in [0.15, 0.2) is 45.9 Å². The standard InChI is InChI=1S/C24H38N6O/c1-20(2)23-17-22(31-28-23)18-27-24(25-3)26-11-7-8-12-29-13-15-30(16-14-29)19-21-9-5-4-6-10-21/h4-6,9-10,17,20H,7-8,11-16,18-19H2,1-3H3,(H2,25,26,27). The van der Waals surface area contributed by atoms with Gasteiger partial charge in [0.15, 0.2) is 11.7 Å². The van der Waals surface area contributed by atoms with Crippen molar-refractivity contribution < 1.29 is 4.52 Å². The highest BCUT2D eigenvalue weighted by atomic mass is 16.5. The van der Waals surface area contributed by atoms with Crippen LogP contribution in [0.5, 0.6) is 0 Å². The fraction of sp³-hybridized carbons (Fsp3) is 0.583. The fourth-order valence-electron chi connectivity index (χ4n) is 3.76. The van der Waals surface area contributed by atoms with Gasteiger partial charge in [-0.05, 0) is 30.9 Å². The van der Waals surface area contributed by atoms with E-state index >= 15 is 0 Å². The van der Waals surface area contributed by atoms with Crippen LogP contribution in [0.25, 0.3) is 0 Å². The number of aromatic nitrogens is 1. The number of piperazine rings is 1. The summed E-state index contributed by atoms with van der Waals surface area (Å²) in [6.07, 6.45) is 2.33. The van der Waals surface area contributed by atoms with E-state index in [0.717, 1.165) is 50.0 Å². The molecule has 2 N–H and O–H groups in total. The second-order valence-electron chi connectivity index (χ2n) is 8.54. The lowest BCUT2D eigenvalue weighted by molar-refractivity contribution is 0.126. The normalized spacial score (nSPS) is 16.1. The van der Waals surface area contributed by atoms with Crippen LogP contribution in [0.2, 0.25) is 0 Å². The summed E-state index contributed by atoms with van der Waals surface area (Å²) < 4.78 is 5.37. The van der Waals surface area contributed by atoms with Crippen LogP contribution in [0.1, 0.15) is 49.6 Å². The molecule has 0 bridgehead atoms. The van der Waals surface area contributed by atoms with Gasteiger partial charge < -0.3 is 20.1 Å². The monoisotopic (exact) mass is 426 g/mol. The lowest BCUT2D eigenvalue weighted by Gasteiger charge is -2.34. The van der Waals surface area contributed by atoms with Gasteiger partial charge >= 0.3 is 0 Å². The first kappa shape index (κ1) is 23.3. The van der Waals surface area contributed by atoms with Crippen molar-refractivity contribution in [3.63, 3.8) is 0 Å². The number of rotatable bonds is 10. The molecule has 1 saturated heterocycles. The second kappa shape index (κ2) is 12.5. The maximum atomic E-state index is 5.37. The van der Waals surface area contributed by atoms with Gasteiger partial charge in [-0.1, -0.05) is 49.3 Å². The molecule has 0 saturated carbocycles. The van der Waals surface area contributed by atoms with Crippen molar-refractivity contribution in [2.75, 3.05) is 46.3 Å². The van der Waals surface area contributed by atoms with Gasteiger partial charge in [0.05, 0.1) is 12.2 Å². The van der Waals surface area contributed by atoms with E-state index in [-0.39, 0.29) is 0 Å². The molecule has 0 unspecified atom stereocenters. The summed E-state index contributed by atoms with van der Waals surface area (Å²) in [6, 6.07) is 12.8. The number of benzene rings is 1. The van der Waals surface area contributed by atoms with Crippen molar-refractivity contribution in [1.29, 1.82) is 0 Å². The van der Waals surface area contributed by atoms with Gasteiger partial charge in [-0.3, -0.25) is 9.89 Å². The minimum Gasteiger partial charge on any atom is -0.359 e. The summed E-state index contributed by atoms with van der Waals surface area (Å²) in [4.78, 5) is 9.44. The largest absolute Gasteiger partial charge is 0.359 e. The molecule has 31 heavy (non-hydrogen) atoms. The third kappa shape index (κ3) is 7.99. The minimum atomic E-state index is 0.377. The van der Waals surface area contributed by atoms with Crippen molar-refractivity contribution in [2.45, 2.75) is 45.7 Å². The molecule has 3 rings (SSSR count). The molecule has 2 aromatic rings. The molecule has 1 aromatic carbocycles. The Bertz CT molecular complexity index is 780. The van der Waals surface area contributed by atoms with Crippen LogP contribution in [-0.2, 0) is 13.1 Å². The maximum absolute atomic E-state index is 5.37. The molecular formula is C24H38N6O. The molecular weight excluding hydrogens is 388 g/mol. The number of nitrogens with zero attached hydrogens (tertiary/aromatic N) is 4. The predicted octanol–water partition coefficient (Wildman–Crippen LogP) is 3.06. The first-order chi connectivity index (χ1) is 15.1. The van der Waals surface area contributed by atoms with E-state index in [4.69, 9.17) is 4.52 Å². The molecule has 7 heteroatoms. The predicted molar refractivity (Wildman–Crippen MR) is 126 cm³/mol. The molecule has 170 valence electrons. The summed E-state index contributed by atoms with van der Waals surface area (Å²) in [6.45, 7) is 12.6. The highest BCUT2D eigenvalue weighted by molar-refractivity contribution is 5.79. The molecule has 1 fully saturated rings. The third-order valence-electron chi connectivity index (χ3n) is 5.73. The Hall–Kier alpha value is -2.38. The Kier molecular flexibility index (Phi) is 9.37. The van der Waals surface area contributed by atoms with Gasteiger partial charge in [-0.2, -0.15) is 0 Å². The van der Waals surface area contributed by atoms with Crippen LogP contribution in [-0.4, -0.2) is 67.2 Å². The van der Waals surface area contributed by atoms with Gasteiger partial charge in [0.2, 0.25) is 0 Å². The van der Waals surface area contributed by atoms with E-state index in [1.165, 1.54) is 31.6 Å². The second-order valence-corrected chi connectivity index (χ2v) is 8.54. The number of nitrogens with one attached hydrogen (secondary N) is 2. The van der Waals surface area contributed by atoms with Gasteiger partial charge in [-0.25, -0.2) is 0 Å². The zero-order valence-electron chi connectivity index (χ0n) is 19.3. The molecule has 0 aliphatic carbocycles. The smallest absolute Gasteiger partial charge is 0.191 e. The Morgan fingerprint density at radius 2 is 1.81 bits per heavy atom. The Morgan fingerprint density at radius 3 is 2.48 bits per heavy atom. The molecule has 1 aliphatic heterocycles. The van der Waals surface area contributed by atoms with Gasteiger partial charge in [0.25, 0.3) is 0 Å². The van der Waals surface area contributed by atoms with Gasteiger partial charge in [-0.15, -0.1) is 0 Å². The van der Waals surface area contributed by atoms with Crippen LogP contribution >= 0.6 is 0 Å². The number of hydrogen-bond donors (Lipinski definition) is 2. The maximum Gasteiger partial charge on any atom is 0.191 e. The number of hydrogen-bond acceptors (Lipinski definition) is 5. The van der Waals surface area contributed by atoms with Crippen molar-refractivity contribution in [1.82, 2.24) is 25.6 Å². The summed E-state index contributed by atoms with van der Waals surface area (Å²) in [7, 11) is 1.80. The first-order valence-corrected chi connectivity index (χ1v) is 11.5. The van der Waals surface area contributed by atoms with Gasteiger partial charge in [0, 0.05) is 52.4 Å². The van der Waals surface area contributed by atoms with Crippen LogP contribution < -0.4 is 10.6 Å². The Balaban J connectivity index is 1.24. The lowest BCUT2D eigenvalue weighted by Crippen LogP contribution is -2.46. The summed E-state index contributed by atoms with van der Waals surface area (Å²) in [5.74, 6) is 2.01. The molecule has 1 aliphatic rings. The molecule has 0 amide bonds. The molecule has 0 spiro atoms. The van der Waals surface area contributed by atoms with E-state index in [1.807, 2.05) is 6.07 Å². The minimum absolute atomic E-state index is 0.377. The van der Waals surface area contributed by atoms with Crippen LogP contribution in [0, 0.1) is 0 Å². The SMILES string of the molecule is CN=C(NCCCCN1CCN(Cc2ccccc2)CC1)NCc1cc(C(C)C)no1. The average Bonchev–Trinajstić information content (AvgIpc) is 3.27.